The maximum Gasteiger partial charge on any atom is 0.176 e. The summed E-state index contributed by atoms with van der Waals surface area (Å²) in [5.74, 6) is 0.116. The van der Waals surface area contributed by atoms with Crippen LogP contribution in [0.2, 0.25) is 0 Å². The van der Waals surface area contributed by atoms with Crippen molar-refractivity contribution in [1.29, 1.82) is 5.26 Å². The van der Waals surface area contributed by atoms with E-state index < -0.39 is 0 Å². The molecule has 1 aliphatic rings. The lowest BCUT2D eigenvalue weighted by Gasteiger charge is -2.25. The van der Waals surface area contributed by atoms with Crippen LogP contribution in [-0.4, -0.2) is 11.5 Å². The van der Waals surface area contributed by atoms with Crippen LogP contribution < -0.4 is 10.7 Å². The smallest absolute Gasteiger partial charge is 0.176 e. The summed E-state index contributed by atoms with van der Waals surface area (Å²) < 4.78 is 0. The number of hydrogen-bond donors (Lipinski definition) is 1. The van der Waals surface area contributed by atoms with E-state index in [4.69, 9.17) is 11.0 Å². The molecular weight excluding hydrogens is 228 g/mol. The molecule has 0 bridgehead atoms. The van der Waals surface area contributed by atoms with Gasteiger partial charge in [0, 0.05) is 13.3 Å². The van der Waals surface area contributed by atoms with Crippen molar-refractivity contribution >= 4 is 17.2 Å². The zero-order valence-corrected chi connectivity index (χ0v) is 9.92. The van der Waals surface area contributed by atoms with E-state index >= 15 is 0 Å². The second-order valence-electron chi connectivity index (χ2n) is 3.90. The maximum atomic E-state index is 11.4. The molecule has 5 nitrogen and oxygen atoms in total. The van der Waals surface area contributed by atoms with Gasteiger partial charge in [-0.05, 0) is 12.1 Å². The van der Waals surface area contributed by atoms with Crippen LogP contribution in [0.5, 0.6) is 0 Å². The van der Waals surface area contributed by atoms with Gasteiger partial charge in [-0.2, -0.15) is 10.4 Å². The van der Waals surface area contributed by atoms with Crippen molar-refractivity contribution in [3.8, 4) is 6.07 Å². The molecule has 0 spiro atoms. The highest BCUT2D eigenvalue weighted by molar-refractivity contribution is 6.40. The molecule has 0 saturated heterocycles. The molecule has 1 aliphatic heterocycles. The van der Waals surface area contributed by atoms with E-state index in [9.17, 15) is 4.79 Å². The minimum absolute atomic E-state index is 0.156. The SMILES string of the molecule is CC(=O)C1=NN(c2ccccc2)C(N)=C(C#N)C1. The minimum atomic E-state index is -0.156. The van der Waals surface area contributed by atoms with Crippen molar-refractivity contribution in [2.45, 2.75) is 13.3 Å². The summed E-state index contributed by atoms with van der Waals surface area (Å²) in [5, 5.41) is 14.7. The van der Waals surface area contributed by atoms with Crippen LogP contribution in [-0.2, 0) is 4.79 Å². The Bertz CT molecular complexity index is 581. The number of allylic oxidation sites excluding steroid dienone is 1. The minimum Gasteiger partial charge on any atom is -0.383 e. The lowest BCUT2D eigenvalue weighted by atomic mass is 10.1. The Morgan fingerprint density at radius 2 is 2.11 bits per heavy atom. The zero-order chi connectivity index (χ0) is 13.1. The summed E-state index contributed by atoms with van der Waals surface area (Å²) in [5.41, 5.74) is 7.31. The average Bonchev–Trinajstić information content (AvgIpc) is 2.39. The molecule has 5 heteroatoms. The molecule has 90 valence electrons. The van der Waals surface area contributed by atoms with Crippen LogP contribution in [0.15, 0.2) is 46.8 Å². The van der Waals surface area contributed by atoms with E-state index in [0.29, 0.717) is 11.3 Å². The lowest BCUT2D eigenvalue weighted by molar-refractivity contribution is -0.111. The Labute approximate surface area is 105 Å². The van der Waals surface area contributed by atoms with Gasteiger partial charge in [0.25, 0.3) is 0 Å². The molecule has 1 aromatic carbocycles. The fraction of sp³-hybridized carbons (Fsp3) is 0.154. The van der Waals surface area contributed by atoms with Gasteiger partial charge in [-0.25, -0.2) is 5.01 Å². The molecular formula is C13H12N4O. The number of ketones is 1. The Balaban J connectivity index is 2.49. The highest BCUT2D eigenvalue weighted by atomic mass is 16.1. The van der Waals surface area contributed by atoms with Crippen LogP contribution >= 0.6 is 0 Å². The van der Waals surface area contributed by atoms with Gasteiger partial charge in [-0.1, -0.05) is 18.2 Å². The summed E-state index contributed by atoms with van der Waals surface area (Å²) >= 11 is 0. The first-order valence-electron chi connectivity index (χ1n) is 5.46. The first-order chi connectivity index (χ1) is 8.63. The number of carbonyl (C=O) groups excluding carboxylic acids is 1. The second-order valence-corrected chi connectivity index (χ2v) is 3.90. The largest absolute Gasteiger partial charge is 0.383 e. The number of anilines is 1. The number of para-hydroxylation sites is 1. The molecule has 2 rings (SSSR count). The Kier molecular flexibility index (Phi) is 3.11. The molecule has 0 radical (unpaired) electrons. The first kappa shape index (κ1) is 11.9. The van der Waals surface area contributed by atoms with Gasteiger partial charge in [0.05, 0.1) is 17.3 Å². The Morgan fingerprint density at radius 1 is 1.44 bits per heavy atom. The summed E-state index contributed by atoms with van der Waals surface area (Å²) in [6, 6.07) is 11.2. The number of hydrogen-bond acceptors (Lipinski definition) is 5. The third-order valence-corrected chi connectivity index (χ3v) is 2.64. The highest BCUT2D eigenvalue weighted by Gasteiger charge is 2.23. The molecule has 1 heterocycles. The molecule has 0 aliphatic carbocycles. The molecule has 0 saturated carbocycles. The summed E-state index contributed by atoms with van der Waals surface area (Å²) in [7, 11) is 0. The maximum absolute atomic E-state index is 11.4. The quantitative estimate of drug-likeness (QED) is 0.849. The molecule has 18 heavy (non-hydrogen) atoms. The van der Waals surface area contributed by atoms with Crippen LogP contribution in [0.25, 0.3) is 0 Å². The number of hydrazone groups is 1. The van der Waals surface area contributed by atoms with E-state index in [1.54, 1.807) is 0 Å². The van der Waals surface area contributed by atoms with Crippen LogP contribution in [0, 0.1) is 11.3 Å². The van der Waals surface area contributed by atoms with E-state index in [1.807, 2.05) is 36.4 Å². The average molecular weight is 240 g/mol. The summed E-state index contributed by atoms with van der Waals surface area (Å²) in [6.45, 7) is 1.43. The number of rotatable bonds is 2. The van der Waals surface area contributed by atoms with Gasteiger partial charge in [-0.3, -0.25) is 4.79 Å². The third-order valence-electron chi connectivity index (χ3n) is 2.64. The molecule has 0 aromatic heterocycles. The van der Waals surface area contributed by atoms with Gasteiger partial charge in [0.15, 0.2) is 5.78 Å². The van der Waals surface area contributed by atoms with Crippen LogP contribution in [0.3, 0.4) is 0 Å². The molecule has 0 unspecified atom stereocenters. The van der Waals surface area contributed by atoms with Gasteiger partial charge in [-0.15, -0.1) is 0 Å². The van der Waals surface area contributed by atoms with Crippen molar-refractivity contribution < 1.29 is 4.79 Å². The standard InChI is InChI=1S/C13H12N4O/c1-9(18)12-7-10(8-14)13(15)17(16-12)11-5-3-2-4-6-11/h2-6H,7,15H2,1H3. The van der Waals surface area contributed by atoms with E-state index in [0.717, 1.165) is 5.69 Å². The molecule has 2 N–H and O–H groups in total. The monoisotopic (exact) mass is 240 g/mol. The number of nitrogens with two attached hydrogens (primary N) is 1. The fourth-order valence-electron chi connectivity index (χ4n) is 1.65. The first-order valence-corrected chi connectivity index (χ1v) is 5.46. The summed E-state index contributed by atoms with van der Waals surface area (Å²) in [4.78, 5) is 11.4. The molecule has 1 aromatic rings. The lowest BCUT2D eigenvalue weighted by Crippen LogP contribution is -2.32. The number of carbonyl (C=O) groups is 1. The van der Waals surface area contributed by atoms with E-state index in [-0.39, 0.29) is 18.0 Å². The third kappa shape index (κ3) is 2.09. The molecule has 0 fully saturated rings. The highest BCUT2D eigenvalue weighted by Crippen LogP contribution is 2.24. The topological polar surface area (TPSA) is 82.5 Å². The Hall–Kier alpha value is -2.61. The number of nitrogens with zero attached hydrogens (tertiary/aromatic N) is 3. The Morgan fingerprint density at radius 3 is 2.67 bits per heavy atom. The second kappa shape index (κ2) is 4.72. The van der Waals surface area contributed by atoms with Crippen LogP contribution in [0.4, 0.5) is 5.69 Å². The van der Waals surface area contributed by atoms with Gasteiger partial charge in [0.2, 0.25) is 0 Å². The van der Waals surface area contributed by atoms with Crippen molar-refractivity contribution in [3.05, 3.63) is 41.7 Å². The van der Waals surface area contributed by atoms with E-state index in [1.165, 1.54) is 11.9 Å². The predicted octanol–water partition coefficient (Wildman–Crippen LogP) is 1.54. The number of benzene rings is 1. The van der Waals surface area contributed by atoms with Crippen molar-refractivity contribution in [2.24, 2.45) is 10.8 Å². The number of Topliss-reactive ketones (excluding diaryl/α,β-unsaturated/α-hetero) is 1. The summed E-state index contributed by atoms with van der Waals surface area (Å²) in [6.07, 6.45) is 0.195. The normalized spacial score (nSPS) is 15.1. The van der Waals surface area contributed by atoms with Crippen molar-refractivity contribution in [3.63, 3.8) is 0 Å². The van der Waals surface area contributed by atoms with Gasteiger partial charge < -0.3 is 5.73 Å². The van der Waals surface area contributed by atoms with Crippen molar-refractivity contribution in [1.82, 2.24) is 0 Å². The molecule has 0 atom stereocenters. The van der Waals surface area contributed by atoms with Crippen LogP contribution in [0.1, 0.15) is 13.3 Å². The number of nitriles is 1. The fourth-order valence-corrected chi connectivity index (χ4v) is 1.65. The van der Waals surface area contributed by atoms with E-state index in [2.05, 4.69) is 5.10 Å². The van der Waals surface area contributed by atoms with Crippen molar-refractivity contribution in [2.75, 3.05) is 5.01 Å². The zero-order valence-electron chi connectivity index (χ0n) is 9.92. The molecule has 0 amide bonds. The predicted molar refractivity (Wildman–Crippen MR) is 68.5 cm³/mol. The van der Waals surface area contributed by atoms with Gasteiger partial charge in [0.1, 0.15) is 11.5 Å². The van der Waals surface area contributed by atoms with Gasteiger partial charge >= 0.3 is 0 Å².